The van der Waals surface area contributed by atoms with E-state index in [2.05, 4.69) is 9.73 Å². The SMILES string of the molecule is CC1N=C(c2c(F)cccc2F)OC1=O. The molecule has 3 nitrogen and oxygen atoms in total. The molecule has 1 heterocycles. The van der Waals surface area contributed by atoms with Crippen LogP contribution in [0, 0.1) is 11.6 Å². The number of carbonyl (C=O) groups excluding carboxylic acids is 1. The first kappa shape index (κ1) is 9.76. The van der Waals surface area contributed by atoms with Crippen molar-refractivity contribution in [2.75, 3.05) is 0 Å². The third-order valence-electron chi connectivity index (χ3n) is 2.03. The monoisotopic (exact) mass is 211 g/mol. The van der Waals surface area contributed by atoms with Crippen molar-refractivity contribution in [3.05, 3.63) is 35.4 Å². The zero-order valence-corrected chi connectivity index (χ0v) is 7.83. The number of cyclic esters (lactones) is 1. The Kier molecular flexibility index (Phi) is 2.22. The fourth-order valence-corrected chi connectivity index (χ4v) is 1.25. The Labute approximate surface area is 84.4 Å². The van der Waals surface area contributed by atoms with E-state index in [0.717, 1.165) is 12.1 Å². The average molecular weight is 211 g/mol. The summed E-state index contributed by atoms with van der Waals surface area (Å²) in [4.78, 5) is 14.7. The Morgan fingerprint density at radius 2 is 1.93 bits per heavy atom. The second-order valence-corrected chi connectivity index (χ2v) is 3.13. The number of carbonyl (C=O) groups is 1. The first-order valence-electron chi connectivity index (χ1n) is 4.33. The lowest BCUT2D eigenvalue weighted by molar-refractivity contribution is -0.134. The average Bonchev–Trinajstić information content (AvgIpc) is 2.46. The maximum absolute atomic E-state index is 13.2. The minimum atomic E-state index is -0.796. The number of benzene rings is 1. The largest absolute Gasteiger partial charge is 0.405 e. The third-order valence-corrected chi connectivity index (χ3v) is 2.03. The van der Waals surface area contributed by atoms with Crippen LogP contribution in [0.5, 0.6) is 0 Å². The van der Waals surface area contributed by atoms with E-state index in [1.54, 1.807) is 0 Å². The fraction of sp³-hybridized carbons (Fsp3) is 0.200. The molecule has 0 amide bonds. The summed E-state index contributed by atoms with van der Waals surface area (Å²) >= 11 is 0. The lowest BCUT2D eigenvalue weighted by Crippen LogP contribution is -2.12. The summed E-state index contributed by atoms with van der Waals surface area (Å²) in [6, 6.07) is 2.68. The molecule has 1 atom stereocenters. The van der Waals surface area contributed by atoms with E-state index < -0.39 is 29.2 Å². The van der Waals surface area contributed by atoms with Crippen LogP contribution in [0.3, 0.4) is 0 Å². The first-order chi connectivity index (χ1) is 7.09. The lowest BCUT2D eigenvalue weighted by Gasteiger charge is -2.02. The topological polar surface area (TPSA) is 38.7 Å². The van der Waals surface area contributed by atoms with Gasteiger partial charge < -0.3 is 4.74 Å². The number of esters is 1. The van der Waals surface area contributed by atoms with Gasteiger partial charge in [-0.1, -0.05) is 6.07 Å². The fourth-order valence-electron chi connectivity index (χ4n) is 1.25. The number of aliphatic imine (C=N–C) groups is 1. The maximum Gasteiger partial charge on any atom is 0.337 e. The van der Waals surface area contributed by atoms with Crippen LogP contribution in [-0.4, -0.2) is 17.9 Å². The van der Waals surface area contributed by atoms with Crippen molar-refractivity contribution in [2.45, 2.75) is 13.0 Å². The van der Waals surface area contributed by atoms with Gasteiger partial charge in [-0.2, -0.15) is 0 Å². The van der Waals surface area contributed by atoms with Gasteiger partial charge in [0.2, 0.25) is 5.90 Å². The molecule has 0 aliphatic carbocycles. The number of nitrogens with zero attached hydrogens (tertiary/aromatic N) is 1. The molecular weight excluding hydrogens is 204 g/mol. The van der Waals surface area contributed by atoms with Crippen LogP contribution in [0.15, 0.2) is 23.2 Å². The standard InChI is InChI=1S/C10H7F2NO2/c1-5-10(14)15-9(13-5)8-6(11)3-2-4-7(8)12/h2-5H,1H3. The van der Waals surface area contributed by atoms with E-state index in [9.17, 15) is 13.6 Å². The van der Waals surface area contributed by atoms with Crippen molar-refractivity contribution in [2.24, 2.45) is 4.99 Å². The maximum atomic E-state index is 13.2. The molecule has 0 saturated heterocycles. The zero-order valence-electron chi connectivity index (χ0n) is 7.83. The van der Waals surface area contributed by atoms with E-state index in [1.807, 2.05) is 0 Å². The molecule has 5 heteroatoms. The molecule has 1 aliphatic rings. The molecule has 78 valence electrons. The van der Waals surface area contributed by atoms with Crippen molar-refractivity contribution in [1.82, 2.24) is 0 Å². The van der Waals surface area contributed by atoms with Crippen LogP contribution in [0.4, 0.5) is 8.78 Å². The predicted octanol–water partition coefficient (Wildman–Crippen LogP) is 1.66. The molecule has 0 bridgehead atoms. The van der Waals surface area contributed by atoms with Crippen LogP contribution >= 0.6 is 0 Å². The predicted molar refractivity (Wildman–Crippen MR) is 48.4 cm³/mol. The zero-order chi connectivity index (χ0) is 11.0. The van der Waals surface area contributed by atoms with E-state index in [1.165, 1.54) is 13.0 Å². The molecule has 0 spiro atoms. The molecular formula is C10H7F2NO2. The van der Waals surface area contributed by atoms with Crippen molar-refractivity contribution in [3.63, 3.8) is 0 Å². The smallest absolute Gasteiger partial charge is 0.337 e. The number of hydrogen-bond donors (Lipinski definition) is 0. The Balaban J connectivity index is 2.48. The number of rotatable bonds is 1. The Morgan fingerprint density at radius 3 is 2.40 bits per heavy atom. The Bertz CT molecular complexity index is 436. The van der Waals surface area contributed by atoms with Crippen molar-refractivity contribution >= 4 is 11.9 Å². The molecule has 1 aromatic rings. The number of ether oxygens (including phenoxy) is 1. The summed E-state index contributed by atoms with van der Waals surface area (Å²) in [5.74, 6) is -2.48. The van der Waals surface area contributed by atoms with E-state index in [-0.39, 0.29) is 5.90 Å². The van der Waals surface area contributed by atoms with Crippen LogP contribution in [0.1, 0.15) is 12.5 Å². The van der Waals surface area contributed by atoms with E-state index in [4.69, 9.17) is 0 Å². The third kappa shape index (κ3) is 1.60. The van der Waals surface area contributed by atoms with Crippen LogP contribution in [-0.2, 0) is 9.53 Å². The summed E-state index contributed by atoms with van der Waals surface area (Å²) in [7, 11) is 0. The van der Waals surface area contributed by atoms with Gasteiger partial charge >= 0.3 is 5.97 Å². The molecule has 1 unspecified atom stereocenters. The van der Waals surface area contributed by atoms with Gasteiger partial charge in [-0.15, -0.1) is 0 Å². The van der Waals surface area contributed by atoms with Crippen LogP contribution in [0.2, 0.25) is 0 Å². The van der Waals surface area contributed by atoms with Gasteiger partial charge in [-0.25, -0.2) is 18.6 Å². The second kappa shape index (κ2) is 3.42. The summed E-state index contributed by atoms with van der Waals surface area (Å²) in [5, 5.41) is 0. The van der Waals surface area contributed by atoms with Crippen LogP contribution in [0.25, 0.3) is 0 Å². The second-order valence-electron chi connectivity index (χ2n) is 3.13. The van der Waals surface area contributed by atoms with E-state index in [0.29, 0.717) is 0 Å². The quantitative estimate of drug-likeness (QED) is 0.662. The molecule has 15 heavy (non-hydrogen) atoms. The van der Waals surface area contributed by atoms with Gasteiger partial charge in [0, 0.05) is 0 Å². The highest BCUT2D eigenvalue weighted by atomic mass is 19.1. The first-order valence-corrected chi connectivity index (χ1v) is 4.33. The van der Waals surface area contributed by atoms with E-state index >= 15 is 0 Å². The van der Waals surface area contributed by atoms with Crippen molar-refractivity contribution in [1.29, 1.82) is 0 Å². The highest BCUT2D eigenvalue weighted by molar-refractivity contribution is 6.06. The van der Waals surface area contributed by atoms with Gasteiger partial charge in [-0.3, -0.25) is 0 Å². The molecule has 1 aromatic carbocycles. The minimum absolute atomic E-state index is 0.289. The normalized spacial score (nSPS) is 20.1. The van der Waals surface area contributed by atoms with Crippen LogP contribution < -0.4 is 0 Å². The molecule has 0 saturated carbocycles. The van der Waals surface area contributed by atoms with Gasteiger partial charge in [-0.05, 0) is 19.1 Å². The number of halogens is 2. The summed E-state index contributed by atoms with van der Waals surface area (Å²) in [6.07, 6.45) is 0. The Hall–Kier alpha value is -1.78. The molecule has 0 radical (unpaired) electrons. The molecule has 2 rings (SSSR count). The van der Waals surface area contributed by atoms with Gasteiger partial charge in [0.1, 0.15) is 23.2 Å². The molecule has 0 fully saturated rings. The summed E-state index contributed by atoms with van der Waals surface area (Å²) in [6.45, 7) is 1.49. The van der Waals surface area contributed by atoms with Gasteiger partial charge in [0.25, 0.3) is 0 Å². The number of hydrogen-bond acceptors (Lipinski definition) is 3. The lowest BCUT2D eigenvalue weighted by atomic mass is 10.2. The Morgan fingerprint density at radius 1 is 1.33 bits per heavy atom. The van der Waals surface area contributed by atoms with Gasteiger partial charge in [0.15, 0.2) is 0 Å². The molecule has 0 aromatic heterocycles. The van der Waals surface area contributed by atoms with Crippen molar-refractivity contribution in [3.8, 4) is 0 Å². The molecule has 0 N–H and O–H groups in total. The highest BCUT2D eigenvalue weighted by Crippen LogP contribution is 2.18. The van der Waals surface area contributed by atoms with Gasteiger partial charge in [0.05, 0.1) is 0 Å². The highest BCUT2D eigenvalue weighted by Gasteiger charge is 2.29. The molecule has 1 aliphatic heterocycles. The summed E-state index contributed by atoms with van der Waals surface area (Å²) in [5.41, 5.74) is -0.393. The summed E-state index contributed by atoms with van der Waals surface area (Å²) < 4.78 is 31.1. The van der Waals surface area contributed by atoms with Crippen molar-refractivity contribution < 1.29 is 18.3 Å². The minimum Gasteiger partial charge on any atom is -0.405 e.